The molecule has 2 nitrogen and oxygen atoms in total. The minimum Gasteiger partial charge on any atom is -0.316 e. The van der Waals surface area contributed by atoms with Crippen LogP contribution in [0.1, 0.15) is 13.8 Å². The number of rotatable bonds is 5. The summed E-state index contributed by atoms with van der Waals surface area (Å²) >= 11 is 11.7. The molecule has 0 amide bonds. The molecule has 5 heteroatoms. The van der Waals surface area contributed by atoms with Crippen molar-refractivity contribution in [2.45, 2.75) is 24.8 Å². The Bertz CT molecular complexity index is 409. The highest BCUT2D eigenvalue weighted by molar-refractivity contribution is 7.85. The summed E-state index contributed by atoms with van der Waals surface area (Å²) in [5.41, 5.74) is 0. The lowest BCUT2D eigenvalue weighted by Gasteiger charge is -2.19. The monoisotopic (exact) mass is 293 g/mol. The fourth-order valence-electron chi connectivity index (χ4n) is 1.49. The van der Waals surface area contributed by atoms with Gasteiger partial charge in [0.05, 0.1) is 20.8 Å². The summed E-state index contributed by atoms with van der Waals surface area (Å²) < 4.78 is 12.2. The molecule has 2 unspecified atom stereocenters. The standard InChI is InChI=1S/C12H17Cl2NOS/c1-8(2)12(15-3)7-17(16)9-4-5-10(13)11(14)6-9/h4-6,8,12,15H,7H2,1-3H3. The van der Waals surface area contributed by atoms with Crippen molar-refractivity contribution in [3.8, 4) is 0 Å². The molecule has 0 aliphatic heterocycles. The van der Waals surface area contributed by atoms with Gasteiger partial charge in [-0.05, 0) is 31.2 Å². The van der Waals surface area contributed by atoms with Gasteiger partial charge >= 0.3 is 0 Å². The lowest BCUT2D eigenvalue weighted by molar-refractivity contribution is 0.462. The summed E-state index contributed by atoms with van der Waals surface area (Å²) in [5.74, 6) is 1.01. The number of benzene rings is 1. The average molecular weight is 294 g/mol. The summed E-state index contributed by atoms with van der Waals surface area (Å²) in [4.78, 5) is 0.723. The smallest absolute Gasteiger partial charge is 0.0604 e. The van der Waals surface area contributed by atoms with Crippen LogP contribution in [0.5, 0.6) is 0 Å². The normalized spacial score (nSPS) is 14.9. The van der Waals surface area contributed by atoms with Gasteiger partial charge in [0.1, 0.15) is 0 Å². The van der Waals surface area contributed by atoms with Crippen LogP contribution in [0.15, 0.2) is 23.1 Å². The van der Waals surface area contributed by atoms with E-state index in [9.17, 15) is 4.21 Å². The van der Waals surface area contributed by atoms with Gasteiger partial charge in [-0.2, -0.15) is 0 Å². The molecule has 1 aromatic carbocycles. The van der Waals surface area contributed by atoms with Gasteiger partial charge in [-0.15, -0.1) is 0 Å². The first-order valence-corrected chi connectivity index (χ1v) is 7.54. The maximum absolute atomic E-state index is 12.2. The van der Waals surface area contributed by atoms with Crippen molar-refractivity contribution >= 4 is 34.0 Å². The zero-order chi connectivity index (χ0) is 13.0. The van der Waals surface area contributed by atoms with Crippen LogP contribution < -0.4 is 5.32 Å². The molecule has 0 aromatic heterocycles. The van der Waals surface area contributed by atoms with Crippen molar-refractivity contribution in [3.05, 3.63) is 28.2 Å². The molecule has 0 bridgehead atoms. The summed E-state index contributed by atoms with van der Waals surface area (Å²) in [7, 11) is 0.828. The van der Waals surface area contributed by atoms with E-state index < -0.39 is 10.8 Å². The number of hydrogen-bond acceptors (Lipinski definition) is 2. The van der Waals surface area contributed by atoms with E-state index in [0.29, 0.717) is 21.7 Å². The van der Waals surface area contributed by atoms with E-state index in [4.69, 9.17) is 23.2 Å². The first-order valence-electron chi connectivity index (χ1n) is 5.46. The maximum Gasteiger partial charge on any atom is 0.0604 e. The number of hydrogen-bond donors (Lipinski definition) is 1. The van der Waals surface area contributed by atoms with Gasteiger partial charge in [0, 0.05) is 16.7 Å². The molecule has 1 rings (SSSR count). The number of halogens is 2. The molecule has 17 heavy (non-hydrogen) atoms. The third-order valence-corrected chi connectivity index (χ3v) is 4.84. The largest absolute Gasteiger partial charge is 0.316 e. The molecule has 0 heterocycles. The van der Waals surface area contributed by atoms with Crippen LogP contribution in [-0.4, -0.2) is 23.1 Å². The van der Waals surface area contributed by atoms with Crippen LogP contribution in [0.4, 0.5) is 0 Å². The highest BCUT2D eigenvalue weighted by Crippen LogP contribution is 2.24. The highest BCUT2D eigenvalue weighted by atomic mass is 35.5. The summed E-state index contributed by atoms with van der Waals surface area (Å²) in [5, 5.41) is 4.11. The Labute approximate surface area is 115 Å². The first-order chi connectivity index (χ1) is 7.95. The summed E-state index contributed by atoms with van der Waals surface area (Å²) in [6.07, 6.45) is 0. The lowest BCUT2D eigenvalue weighted by atomic mass is 10.1. The Hall–Kier alpha value is -0.0900. The van der Waals surface area contributed by atoms with Crippen molar-refractivity contribution in [1.82, 2.24) is 5.32 Å². The van der Waals surface area contributed by atoms with Crippen molar-refractivity contribution < 1.29 is 4.21 Å². The molecule has 1 aromatic rings. The summed E-state index contributed by atoms with van der Waals surface area (Å²) in [6, 6.07) is 5.34. The van der Waals surface area contributed by atoms with E-state index >= 15 is 0 Å². The molecule has 0 aliphatic rings. The van der Waals surface area contributed by atoms with Crippen LogP contribution in [0.3, 0.4) is 0 Å². The molecule has 0 aliphatic carbocycles. The predicted molar refractivity (Wildman–Crippen MR) is 75.4 cm³/mol. The van der Waals surface area contributed by atoms with Gasteiger partial charge in [0.25, 0.3) is 0 Å². The topological polar surface area (TPSA) is 29.1 Å². The zero-order valence-corrected chi connectivity index (χ0v) is 12.5. The minimum absolute atomic E-state index is 0.227. The van der Waals surface area contributed by atoms with Crippen LogP contribution in [0.25, 0.3) is 0 Å². The van der Waals surface area contributed by atoms with Crippen molar-refractivity contribution in [1.29, 1.82) is 0 Å². The highest BCUT2D eigenvalue weighted by Gasteiger charge is 2.16. The Kier molecular flexibility index (Phi) is 5.93. The third kappa shape index (κ3) is 4.25. The second kappa shape index (κ2) is 6.74. The van der Waals surface area contributed by atoms with E-state index in [-0.39, 0.29) is 6.04 Å². The fourth-order valence-corrected chi connectivity index (χ4v) is 3.39. The van der Waals surface area contributed by atoms with Crippen LogP contribution in [-0.2, 0) is 10.8 Å². The molecule has 0 fully saturated rings. The van der Waals surface area contributed by atoms with Gasteiger partial charge in [-0.3, -0.25) is 4.21 Å². The van der Waals surface area contributed by atoms with E-state index in [1.54, 1.807) is 18.2 Å². The van der Waals surface area contributed by atoms with Crippen molar-refractivity contribution in [3.63, 3.8) is 0 Å². The van der Waals surface area contributed by atoms with Crippen LogP contribution >= 0.6 is 23.2 Å². The Morgan fingerprint density at radius 3 is 2.41 bits per heavy atom. The van der Waals surface area contributed by atoms with Crippen molar-refractivity contribution in [2.24, 2.45) is 5.92 Å². The molecule has 0 radical (unpaired) electrons. The SMILES string of the molecule is CNC(CS(=O)c1ccc(Cl)c(Cl)c1)C(C)C. The summed E-state index contributed by atoms with van der Waals surface area (Å²) in [6.45, 7) is 4.21. The molecular formula is C12H17Cl2NOS. The first kappa shape index (κ1) is 15.0. The predicted octanol–water partition coefficient (Wildman–Crippen LogP) is 3.35. The molecular weight excluding hydrogens is 277 g/mol. The lowest BCUT2D eigenvalue weighted by Crippen LogP contribution is -2.35. The Morgan fingerprint density at radius 2 is 1.94 bits per heavy atom. The second-order valence-electron chi connectivity index (χ2n) is 4.23. The van der Waals surface area contributed by atoms with E-state index in [0.717, 1.165) is 4.90 Å². The van der Waals surface area contributed by atoms with Crippen molar-refractivity contribution in [2.75, 3.05) is 12.8 Å². The molecule has 0 saturated carbocycles. The Balaban J connectivity index is 2.79. The number of nitrogens with one attached hydrogen (secondary N) is 1. The van der Waals surface area contributed by atoms with Gasteiger partial charge in [0.15, 0.2) is 0 Å². The molecule has 0 spiro atoms. The van der Waals surface area contributed by atoms with Gasteiger partial charge < -0.3 is 5.32 Å². The molecule has 96 valence electrons. The second-order valence-corrected chi connectivity index (χ2v) is 6.54. The molecule has 2 atom stereocenters. The van der Waals surface area contributed by atoms with E-state index in [1.165, 1.54) is 0 Å². The van der Waals surface area contributed by atoms with Crippen LogP contribution in [0, 0.1) is 5.92 Å². The quantitative estimate of drug-likeness (QED) is 0.902. The van der Waals surface area contributed by atoms with E-state index in [1.807, 2.05) is 7.05 Å². The van der Waals surface area contributed by atoms with Crippen LogP contribution in [0.2, 0.25) is 10.0 Å². The van der Waals surface area contributed by atoms with E-state index in [2.05, 4.69) is 19.2 Å². The molecule has 1 N–H and O–H groups in total. The average Bonchev–Trinajstić information content (AvgIpc) is 2.28. The Morgan fingerprint density at radius 1 is 1.29 bits per heavy atom. The third-order valence-electron chi connectivity index (χ3n) is 2.66. The van der Waals surface area contributed by atoms with Gasteiger partial charge in [0.2, 0.25) is 0 Å². The fraction of sp³-hybridized carbons (Fsp3) is 0.500. The minimum atomic E-state index is -1.06. The van der Waals surface area contributed by atoms with Gasteiger partial charge in [-0.1, -0.05) is 37.0 Å². The van der Waals surface area contributed by atoms with Gasteiger partial charge in [-0.25, -0.2) is 0 Å². The molecule has 0 saturated heterocycles. The zero-order valence-electron chi connectivity index (χ0n) is 10.2. The maximum atomic E-state index is 12.2.